The summed E-state index contributed by atoms with van der Waals surface area (Å²) >= 11 is 0. The summed E-state index contributed by atoms with van der Waals surface area (Å²) in [5.74, 6) is -2.49. The van der Waals surface area contributed by atoms with Gasteiger partial charge in [0.1, 0.15) is 0 Å². The number of nitrogens with zero attached hydrogens (tertiary/aromatic N) is 3. The van der Waals surface area contributed by atoms with Crippen LogP contribution in [0.5, 0.6) is 0 Å². The van der Waals surface area contributed by atoms with Crippen molar-refractivity contribution in [2.75, 3.05) is 26.2 Å². The lowest BCUT2D eigenvalue weighted by atomic mass is 9.98. The SMILES string of the molecule is CC(C)(C)C(=O)ON1CCN(C(=O)CCC(=O)ON2C(=O)CCC2=O)CC1. The Balaban J connectivity index is 1.70. The molecule has 2 fully saturated rings. The second-order valence-corrected chi connectivity index (χ2v) is 7.48. The highest BCUT2D eigenvalue weighted by molar-refractivity contribution is 6.01. The summed E-state index contributed by atoms with van der Waals surface area (Å²) in [6.07, 6.45) is -0.268. The number of hydrogen-bond acceptors (Lipinski definition) is 8. The van der Waals surface area contributed by atoms with Crippen LogP contribution in [0.4, 0.5) is 0 Å². The van der Waals surface area contributed by atoms with Gasteiger partial charge in [-0.25, -0.2) is 9.59 Å². The van der Waals surface area contributed by atoms with Gasteiger partial charge in [0.25, 0.3) is 11.8 Å². The van der Waals surface area contributed by atoms with E-state index in [1.807, 2.05) is 0 Å². The second kappa shape index (κ2) is 8.47. The van der Waals surface area contributed by atoms with Gasteiger partial charge in [-0.1, -0.05) is 0 Å². The van der Waals surface area contributed by atoms with Crippen molar-refractivity contribution in [3.05, 3.63) is 0 Å². The van der Waals surface area contributed by atoms with Crippen LogP contribution in [0.2, 0.25) is 0 Å². The zero-order valence-corrected chi connectivity index (χ0v) is 15.9. The van der Waals surface area contributed by atoms with E-state index in [2.05, 4.69) is 0 Å². The predicted octanol–water partition coefficient (Wildman–Crippen LogP) is 0.0223. The average molecular weight is 383 g/mol. The molecule has 0 aromatic heterocycles. The normalized spacial score (nSPS) is 18.6. The number of hydrogen-bond donors (Lipinski definition) is 0. The summed E-state index contributed by atoms with van der Waals surface area (Å²) < 4.78 is 0. The van der Waals surface area contributed by atoms with Gasteiger partial charge >= 0.3 is 11.9 Å². The van der Waals surface area contributed by atoms with Crippen molar-refractivity contribution in [1.29, 1.82) is 0 Å². The Bertz CT molecular complexity index is 617. The maximum absolute atomic E-state index is 12.2. The van der Waals surface area contributed by atoms with E-state index in [1.165, 1.54) is 5.06 Å². The van der Waals surface area contributed by atoms with Crippen LogP contribution in [0.25, 0.3) is 0 Å². The first-order valence-corrected chi connectivity index (χ1v) is 8.89. The zero-order valence-electron chi connectivity index (χ0n) is 15.9. The Hall–Kier alpha value is -2.49. The van der Waals surface area contributed by atoms with Crippen molar-refractivity contribution < 1.29 is 33.6 Å². The number of piperazine rings is 1. The molecule has 0 spiro atoms. The van der Waals surface area contributed by atoms with Crippen LogP contribution in [0.1, 0.15) is 46.5 Å². The third-order valence-electron chi connectivity index (χ3n) is 4.16. The van der Waals surface area contributed by atoms with Crippen molar-refractivity contribution in [3.8, 4) is 0 Å². The minimum Gasteiger partial charge on any atom is -0.367 e. The number of hydroxylamine groups is 4. The number of carbonyl (C=O) groups excluding carboxylic acids is 5. The van der Waals surface area contributed by atoms with E-state index in [9.17, 15) is 24.0 Å². The van der Waals surface area contributed by atoms with Crippen molar-refractivity contribution >= 4 is 29.7 Å². The molecule has 3 amide bonds. The second-order valence-electron chi connectivity index (χ2n) is 7.48. The lowest BCUT2D eigenvalue weighted by molar-refractivity contribution is -0.207. The summed E-state index contributed by atoms with van der Waals surface area (Å²) in [6.45, 7) is 6.79. The summed E-state index contributed by atoms with van der Waals surface area (Å²) in [5.41, 5.74) is -0.606. The fourth-order valence-electron chi connectivity index (χ4n) is 2.46. The molecule has 150 valence electrons. The Labute approximate surface area is 157 Å². The molecule has 2 rings (SSSR count). The van der Waals surface area contributed by atoms with Crippen LogP contribution >= 0.6 is 0 Å². The molecular weight excluding hydrogens is 358 g/mol. The Morgan fingerprint density at radius 2 is 1.44 bits per heavy atom. The lowest BCUT2D eigenvalue weighted by Crippen LogP contribution is -2.50. The third-order valence-corrected chi connectivity index (χ3v) is 4.16. The molecule has 0 bridgehead atoms. The minimum absolute atomic E-state index is 0.0229. The topological polar surface area (TPSA) is 114 Å². The first-order chi connectivity index (χ1) is 12.6. The van der Waals surface area contributed by atoms with E-state index in [-0.39, 0.29) is 37.6 Å². The van der Waals surface area contributed by atoms with Crippen molar-refractivity contribution in [2.24, 2.45) is 5.41 Å². The van der Waals surface area contributed by atoms with Gasteiger partial charge in [-0.3, -0.25) is 14.4 Å². The van der Waals surface area contributed by atoms with Gasteiger partial charge in [0.2, 0.25) is 5.91 Å². The Morgan fingerprint density at radius 1 is 0.889 bits per heavy atom. The fraction of sp³-hybridized carbons (Fsp3) is 0.706. The lowest BCUT2D eigenvalue weighted by Gasteiger charge is -2.34. The molecule has 0 aliphatic carbocycles. The van der Waals surface area contributed by atoms with Crippen molar-refractivity contribution in [2.45, 2.75) is 46.5 Å². The largest absolute Gasteiger partial charge is 0.367 e. The zero-order chi connectivity index (χ0) is 20.2. The van der Waals surface area contributed by atoms with Gasteiger partial charge in [0.15, 0.2) is 0 Å². The number of carbonyl (C=O) groups is 5. The van der Waals surface area contributed by atoms with Gasteiger partial charge in [-0.05, 0) is 20.8 Å². The standard InChI is InChI=1S/C17H25N3O7/c1-17(2,3)16(25)27-19-10-8-18(9-11-19)12(21)6-7-15(24)26-20-13(22)4-5-14(20)23/h4-11H2,1-3H3. The number of imide groups is 1. The van der Waals surface area contributed by atoms with E-state index in [4.69, 9.17) is 9.68 Å². The van der Waals surface area contributed by atoms with Crippen LogP contribution in [-0.2, 0) is 33.6 Å². The van der Waals surface area contributed by atoms with Crippen molar-refractivity contribution in [1.82, 2.24) is 15.0 Å². The molecule has 27 heavy (non-hydrogen) atoms. The van der Waals surface area contributed by atoms with Crippen LogP contribution in [-0.4, -0.2) is 70.9 Å². The average Bonchev–Trinajstić information content (AvgIpc) is 2.91. The maximum Gasteiger partial charge on any atom is 0.333 e. The molecule has 0 atom stereocenters. The number of amides is 3. The summed E-state index contributed by atoms with van der Waals surface area (Å²) in [4.78, 5) is 70.2. The fourth-order valence-corrected chi connectivity index (χ4v) is 2.46. The molecule has 0 unspecified atom stereocenters. The first kappa shape index (κ1) is 20.8. The summed E-state index contributed by atoms with van der Waals surface area (Å²) in [7, 11) is 0. The highest BCUT2D eigenvalue weighted by Crippen LogP contribution is 2.17. The van der Waals surface area contributed by atoms with Crippen molar-refractivity contribution in [3.63, 3.8) is 0 Å². The molecule has 2 heterocycles. The van der Waals surface area contributed by atoms with Gasteiger partial charge in [0.05, 0.1) is 24.9 Å². The molecule has 0 N–H and O–H groups in total. The summed E-state index contributed by atoms with van der Waals surface area (Å²) in [6, 6.07) is 0. The van der Waals surface area contributed by atoms with E-state index in [1.54, 1.807) is 25.7 Å². The third kappa shape index (κ3) is 5.75. The molecule has 10 heteroatoms. The van der Waals surface area contributed by atoms with Crippen LogP contribution in [0, 0.1) is 5.41 Å². The molecule has 2 saturated heterocycles. The molecule has 0 saturated carbocycles. The predicted molar refractivity (Wildman–Crippen MR) is 90.1 cm³/mol. The van der Waals surface area contributed by atoms with E-state index in [0.29, 0.717) is 31.2 Å². The Morgan fingerprint density at radius 3 is 1.96 bits per heavy atom. The van der Waals surface area contributed by atoms with E-state index in [0.717, 1.165) is 0 Å². The van der Waals surface area contributed by atoms with Gasteiger partial charge in [-0.2, -0.15) is 0 Å². The molecule has 0 radical (unpaired) electrons. The summed E-state index contributed by atoms with van der Waals surface area (Å²) in [5, 5.41) is 1.99. The van der Waals surface area contributed by atoms with Crippen LogP contribution in [0.15, 0.2) is 0 Å². The van der Waals surface area contributed by atoms with E-state index >= 15 is 0 Å². The highest BCUT2D eigenvalue weighted by Gasteiger charge is 2.33. The van der Waals surface area contributed by atoms with Gasteiger partial charge in [0, 0.05) is 32.4 Å². The highest BCUT2D eigenvalue weighted by atomic mass is 16.7. The molecule has 2 aliphatic rings. The number of rotatable bonds is 5. The first-order valence-electron chi connectivity index (χ1n) is 8.89. The smallest absolute Gasteiger partial charge is 0.333 e. The molecule has 10 nitrogen and oxygen atoms in total. The maximum atomic E-state index is 12.2. The quantitative estimate of drug-likeness (QED) is 0.611. The minimum atomic E-state index is -0.801. The molecule has 2 aliphatic heterocycles. The van der Waals surface area contributed by atoms with Gasteiger partial charge in [-0.15, -0.1) is 10.1 Å². The molecule has 0 aromatic carbocycles. The van der Waals surface area contributed by atoms with Crippen LogP contribution in [0.3, 0.4) is 0 Å². The molecule has 0 aromatic rings. The van der Waals surface area contributed by atoms with Gasteiger partial charge < -0.3 is 14.6 Å². The van der Waals surface area contributed by atoms with Crippen LogP contribution < -0.4 is 0 Å². The monoisotopic (exact) mass is 383 g/mol. The Kier molecular flexibility index (Phi) is 6.53. The molecular formula is C17H25N3O7. The van der Waals surface area contributed by atoms with E-state index < -0.39 is 23.2 Å².